The molecule has 0 aromatic heterocycles. The molecule has 98 valence electrons. The average Bonchev–Trinajstić information content (AvgIpc) is 2.34. The molecule has 6 heteroatoms. The van der Waals surface area contributed by atoms with E-state index >= 15 is 0 Å². The van der Waals surface area contributed by atoms with Crippen molar-refractivity contribution in [3.63, 3.8) is 0 Å². The number of nitrogens with zero attached hydrogens (tertiary/aromatic N) is 1. The molecule has 0 unspecified atom stereocenters. The van der Waals surface area contributed by atoms with E-state index in [1.165, 1.54) is 11.0 Å². The molecule has 0 spiro atoms. The maximum atomic E-state index is 12.0. The zero-order valence-corrected chi connectivity index (χ0v) is 11.1. The number of carbonyl (C=O) groups excluding carboxylic acids is 2. The van der Waals surface area contributed by atoms with Crippen LogP contribution in [-0.2, 0) is 4.79 Å². The predicted molar refractivity (Wildman–Crippen MR) is 71.5 cm³/mol. The van der Waals surface area contributed by atoms with Gasteiger partial charge in [-0.25, -0.2) is 0 Å². The van der Waals surface area contributed by atoms with Crippen molar-refractivity contribution in [1.82, 2.24) is 10.2 Å². The quantitative estimate of drug-likeness (QED) is 0.805. The molecule has 0 aliphatic rings. The first-order valence-electron chi connectivity index (χ1n) is 5.46. The number of nitrogens with two attached hydrogens (primary N) is 1. The predicted octanol–water partition coefficient (Wildman–Crippen LogP) is 1.13. The summed E-state index contributed by atoms with van der Waals surface area (Å²) in [4.78, 5) is 24.6. The van der Waals surface area contributed by atoms with Gasteiger partial charge >= 0.3 is 0 Å². The van der Waals surface area contributed by atoms with Crippen LogP contribution in [0.2, 0.25) is 5.02 Å². The van der Waals surface area contributed by atoms with Crippen molar-refractivity contribution in [2.24, 2.45) is 0 Å². The number of hydrogen-bond acceptors (Lipinski definition) is 3. The summed E-state index contributed by atoms with van der Waals surface area (Å²) >= 11 is 5.76. The molecule has 0 fully saturated rings. The van der Waals surface area contributed by atoms with Crippen molar-refractivity contribution in [3.8, 4) is 0 Å². The minimum atomic E-state index is -0.229. The Morgan fingerprint density at radius 3 is 2.67 bits per heavy atom. The number of rotatable bonds is 4. The van der Waals surface area contributed by atoms with E-state index < -0.39 is 0 Å². The number of benzene rings is 1. The number of halogens is 1. The smallest absolute Gasteiger partial charge is 0.255 e. The third-order valence-corrected chi connectivity index (χ3v) is 2.78. The number of amides is 2. The largest absolute Gasteiger partial charge is 0.398 e. The van der Waals surface area contributed by atoms with Gasteiger partial charge < -0.3 is 16.0 Å². The summed E-state index contributed by atoms with van der Waals surface area (Å²) in [6, 6.07) is 4.72. The Balaban J connectivity index is 2.71. The minimum absolute atomic E-state index is 0.112. The molecular weight excluding hydrogens is 254 g/mol. The SMILES string of the molecule is CNC(=O)CCN(C)C(=O)c1ccc(Cl)cc1N. The van der Waals surface area contributed by atoms with Crippen LogP contribution in [-0.4, -0.2) is 37.4 Å². The minimum Gasteiger partial charge on any atom is -0.398 e. The molecule has 0 radical (unpaired) electrons. The van der Waals surface area contributed by atoms with Gasteiger partial charge in [-0.3, -0.25) is 9.59 Å². The highest BCUT2D eigenvalue weighted by atomic mass is 35.5. The van der Waals surface area contributed by atoms with Crippen molar-refractivity contribution < 1.29 is 9.59 Å². The zero-order chi connectivity index (χ0) is 13.7. The Kier molecular flexibility index (Phi) is 4.97. The Bertz CT molecular complexity index is 463. The summed E-state index contributed by atoms with van der Waals surface area (Å²) in [5, 5.41) is 2.98. The van der Waals surface area contributed by atoms with Crippen LogP contribution >= 0.6 is 11.6 Å². The van der Waals surface area contributed by atoms with Crippen LogP contribution in [0, 0.1) is 0 Å². The summed E-state index contributed by atoms with van der Waals surface area (Å²) in [7, 11) is 3.18. The molecule has 0 saturated carbocycles. The van der Waals surface area contributed by atoms with E-state index in [2.05, 4.69) is 5.32 Å². The van der Waals surface area contributed by atoms with Crippen LogP contribution in [0.5, 0.6) is 0 Å². The first-order valence-corrected chi connectivity index (χ1v) is 5.84. The molecule has 0 heterocycles. The highest BCUT2D eigenvalue weighted by Crippen LogP contribution is 2.19. The lowest BCUT2D eigenvalue weighted by Crippen LogP contribution is -2.31. The van der Waals surface area contributed by atoms with E-state index in [1.54, 1.807) is 26.2 Å². The van der Waals surface area contributed by atoms with Gasteiger partial charge in [0.1, 0.15) is 0 Å². The molecule has 0 aliphatic carbocycles. The van der Waals surface area contributed by atoms with Gasteiger partial charge in [0.25, 0.3) is 5.91 Å². The monoisotopic (exact) mass is 269 g/mol. The second-order valence-corrected chi connectivity index (χ2v) is 4.32. The summed E-state index contributed by atoms with van der Waals surface area (Å²) in [5.74, 6) is -0.341. The molecular formula is C12H16ClN3O2. The Morgan fingerprint density at radius 1 is 1.44 bits per heavy atom. The fourth-order valence-electron chi connectivity index (χ4n) is 1.43. The van der Waals surface area contributed by atoms with Crippen LogP contribution < -0.4 is 11.1 Å². The van der Waals surface area contributed by atoms with Crippen molar-refractivity contribution in [1.29, 1.82) is 0 Å². The Hall–Kier alpha value is -1.75. The van der Waals surface area contributed by atoms with Crippen LogP contribution in [0.4, 0.5) is 5.69 Å². The third-order valence-electron chi connectivity index (χ3n) is 2.54. The van der Waals surface area contributed by atoms with Crippen molar-refractivity contribution in [3.05, 3.63) is 28.8 Å². The molecule has 18 heavy (non-hydrogen) atoms. The highest BCUT2D eigenvalue weighted by Gasteiger charge is 2.15. The van der Waals surface area contributed by atoms with Gasteiger partial charge in [-0.2, -0.15) is 0 Å². The van der Waals surface area contributed by atoms with Gasteiger partial charge in [-0.15, -0.1) is 0 Å². The molecule has 1 aromatic carbocycles. The lowest BCUT2D eigenvalue weighted by atomic mass is 10.1. The average molecular weight is 270 g/mol. The maximum Gasteiger partial charge on any atom is 0.255 e. The standard InChI is InChI=1S/C12H16ClN3O2/c1-15-11(17)5-6-16(2)12(18)9-4-3-8(13)7-10(9)14/h3-4,7H,5-6,14H2,1-2H3,(H,15,17). The fraction of sp³-hybridized carbons (Fsp3) is 0.333. The van der Waals surface area contributed by atoms with Gasteiger partial charge in [-0.1, -0.05) is 11.6 Å². The normalized spacial score (nSPS) is 9.94. The van der Waals surface area contributed by atoms with Crippen molar-refractivity contribution in [2.45, 2.75) is 6.42 Å². The molecule has 1 rings (SSSR count). The van der Waals surface area contributed by atoms with Crippen LogP contribution in [0.15, 0.2) is 18.2 Å². The molecule has 3 N–H and O–H groups in total. The number of hydrogen-bond donors (Lipinski definition) is 2. The number of carbonyl (C=O) groups is 2. The van der Waals surface area contributed by atoms with E-state index in [0.29, 0.717) is 22.8 Å². The molecule has 5 nitrogen and oxygen atoms in total. The van der Waals surface area contributed by atoms with Gasteiger partial charge in [0.05, 0.1) is 5.56 Å². The van der Waals surface area contributed by atoms with Gasteiger partial charge in [0.2, 0.25) is 5.91 Å². The lowest BCUT2D eigenvalue weighted by Gasteiger charge is -2.17. The van der Waals surface area contributed by atoms with E-state index in [1.807, 2.05) is 0 Å². The van der Waals surface area contributed by atoms with E-state index in [-0.39, 0.29) is 18.2 Å². The number of anilines is 1. The number of nitrogen functional groups attached to an aromatic ring is 1. The highest BCUT2D eigenvalue weighted by molar-refractivity contribution is 6.31. The lowest BCUT2D eigenvalue weighted by molar-refractivity contribution is -0.120. The van der Waals surface area contributed by atoms with Gasteiger partial charge in [0, 0.05) is 37.8 Å². The molecule has 2 amide bonds. The van der Waals surface area contributed by atoms with Crippen LogP contribution in [0.3, 0.4) is 0 Å². The van der Waals surface area contributed by atoms with Gasteiger partial charge in [0.15, 0.2) is 0 Å². The maximum absolute atomic E-state index is 12.0. The Labute approximate surface area is 111 Å². The van der Waals surface area contributed by atoms with E-state index in [9.17, 15) is 9.59 Å². The Morgan fingerprint density at radius 2 is 2.11 bits per heavy atom. The second-order valence-electron chi connectivity index (χ2n) is 3.88. The van der Waals surface area contributed by atoms with E-state index in [4.69, 9.17) is 17.3 Å². The summed E-state index contributed by atoms with van der Waals surface area (Å²) in [6.07, 6.45) is 0.256. The second kappa shape index (κ2) is 6.26. The summed E-state index contributed by atoms with van der Waals surface area (Å²) < 4.78 is 0. The van der Waals surface area contributed by atoms with E-state index in [0.717, 1.165) is 0 Å². The summed E-state index contributed by atoms with van der Waals surface area (Å²) in [6.45, 7) is 0.334. The van der Waals surface area contributed by atoms with Crippen molar-refractivity contribution >= 4 is 29.1 Å². The first kappa shape index (κ1) is 14.3. The topological polar surface area (TPSA) is 75.4 Å². The van der Waals surface area contributed by atoms with Crippen molar-refractivity contribution in [2.75, 3.05) is 26.4 Å². The summed E-state index contributed by atoms with van der Waals surface area (Å²) in [5.41, 5.74) is 6.45. The molecule has 0 atom stereocenters. The zero-order valence-electron chi connectivity index (χ0n) is 10.4. The third kappa shape index (κ3) is 3.63. The van der Waals surface area contributed by atoms with Crippen LogP contribution in [0.25, 0.3) is 0 Å². The molecule has 0 bridgehead atoms. The van der Waals surface area contributed by atoms with Gasteiger partial charge in [-0.05, 0) is 18.2 Å². The number of nitrogens with one attached hydrogen (secondary N) is 1. The fourth-order valence-corrected chi connectivity index (χ4v) is 1.61. The molecule has 0 saturated heterocycles. The molecule has 0 aliphatic heterocycles. The van der Waals surface area contributed by atoms with Crippen LogP contribution in [0.1, 0.15) is 16.8 Å². The first-order chi connectivity index (χ1) is 8.45. The molecule has 1 aromatic rings.